The summed E-state index contributed by atoms with van der Waals surface area (Å²) < 4.78 is 30.7. The van der Waals surface area contributed by atoms with E-state index < -0.39 is 15.9 Å². The first-order valence-electron chi connectivity index (χ1n) is 6.19. The number of benzene rings is 1. The van der Waals surface area contributed by atoms with E-state index in [0.717, 1.165) is 0 Å². The Balaban J connectivity index is 1.85. The van der Waals surface area contributed by atoms with Gasteiger partial charge < -0.3 is 9.84 Å². The van der Waals surface area contributed by atoms with Crippen LogP contribution in [0.4, 0.5) is 5.82 Å². The number of carbonyl (C=O) groups is 1. The molecule has 2 N–H and O–H groups in total. The first-order chi connectivity index (χ1) is 9.94. The fourth-order valence-electron chi connectivity index (χ4n) is 1.63. The van der Waals surface area contributed by atoms with Gasteiger partial charge in [0.15, 0.2) is 5.82 Å². The van der Waals surface area contributed by atoms with E-state index in [4.69, 9.17) is 4.52 Å². The topological polar surface area (TPSA) is 101 Å². The lowest BCUT2D eigenvalue weighted by Crippen LogP contribution is -2.33. The molecule has 0 unspecified atom stereocenters. The molecule has 0 spiro atoms. The van der Waals surface area contributed by atoms with E-state index in [-0.39, 0.29) is 18.1 Å². The molecule has 2 rings (SSSR count). The lowest BCUT2D eigenvalue weighted by atomic mass is 10.2. The van der Waals surface area contributed by atoms with E-state index in [1.165, 1.54) is 6.07 Å². The second-order valence-electron chi connectivity index (χ2n) is 4.44. The number of aromatic nitrogens is 1. The van der Waals surface area contributed by atoms with Crippen LogP contribution < -0.4 is 10.0 Å². The molecule has 0 bridgehead atoms. The molecule has 0 fully saturated rings. The maximum Gasteiger partial charge on any atom is 0.240 e. The fraction of sp³-hybridized carbons (Fsp3) is 0.231. The standard InChI is InChI=1S/C13H15N3O4S/c1-10-7-12(16-20-10)15-13(17)8-14-21(18,19)9-11-5-3-2-4-6-11/h2-7,14H,8-9H2,1H3,(H,15,16,17). The monoisotopic (exact) mass is 309 g/mol. The summed E-state index contributed by atoms with van der Waals surface area (Å²) in [5.74, 6) is 0.110. The molecule has 0 aliphatic carbocycles. The van der Waals surface area contributed by atoms with E-state index in [0.29, 0.717) is 11.3 Å². The van der Waals surface area contributed by atoms with Gasteiger partial charge >= 0.3 is 0 Å². The number of hydrogen-bond donors (Lipinski definition) is 2. The van der Waals surface area contributed by atoms with Crippen molar-refractivity contribution in [2.24, 2.45) is 0 Å². The number of nitrogens with one attached hydrogen (secondary N) is 2. The predicted octanol–water partition coefficient (Wildman–Crippen LogP) is 1.04. The summed E-state index contributed by atoms with van der Waals surface area (Å²) in [6.45, 7) is 1.33. The number of amides is 1. The van der Waals surface area contributed by atoms with Gasteiger partial charge in [-0.2, -0.15) is 0 Å². The molecule has 1 amide bonds. The quantitative estimate of drug-likeness (QED) is 0.830. The highest BCUT2D eigenvalue weighted by Gasteiger charge is 2.14. The second-order valence-corrected chi connectivity index (χ2v) is 6.24. The number of rotatable bonds is 6. The molecular weight excluding hydrogens is 294 g/mol. The van der Waals surface area contributed by atoms with Gasteiger partial charge in [0.05, 0.1) is 12.3 Å². The molecule has 1 aromatic carbocycles. The van der Waals surface area contributed by atoms with Crippen LogP contribution in [-0.2, 0) is 20.6 Å². The Morgan fingerprint density at radius 2 is 2.00 bits per heavy atom. The highest BCUT2D eigenvalue weighted by molar-refractivity contribution is 7.88. The van der Waals surface area contributed by atoms with Gasteiger partial charge in [0.2, 0.25) is 15.9 Å². The minimum Gasteiger partial charge on any atom is -0.360 e. The maximum atomic E-state index is 11.8. The molecule has 21 heavy (non-hydrogen) atoms. The molecule has 7 nitrogen and oxygen atoms in total. The first-order valence-corrected chi connectivity index (χ1v) is 7.84. The molecular formula is C13H15N3O4S. The van der Waals surface area contributed by atoms with Crippen LogP contribution in [0.15, 0.2) is 40.9 Å². The lowest BCUT2D eigenvalue weighted by Gasteiger charge is -2.06. The normalized spacial score (nSPS) is 11.3. The van der Waals surface area contributed by atoms with Crippen molar-refractivity contribution in [2.45, 2.75) is 12.7 Å². The van der Waals surface area contributed by atoms with Crippen LogP contribution in [0, 0.1) is 6.92 Å². The van der Waals surface area contributed by atoms with Gasteiger partial charge in [-0.1, -0.05) is 35.5 Å². The molecule has 0 saturated carbocycles. The zero-order chi connectivity index (χ0) is 15.3. The largest absolute Gasteiger partial charge is 0.360 e. The van der Waals surface area contributed by atoms with Crippen LogP contribution in [-0.4, -0.2) is 26.0 Å². The summed E-state index contributed by atoms with van der Waals surface area (Å²) in [6, 6.07) is 10.3. The number of aryl methyl sites for hydroxylation is 1. The van der Waals surface area contributed by atoms with Gasteiger partial charge in [-0.05, 0) is 12.5 Å². The van der Waals surface area contributed by atoms with E-state index >= 15 is 0 Å². The van der Waals surface area contributed by atoms with Crippen molar-refractivity contribution in [1.82, 2.24) is 9.88 Å². The van der Waals surface area contributed by atoms with Crippen molar-refractivity contribution in [3.8, 4) is 0 Å². The van der Waals surface area contributed by atoms with Gasteiger partial charge in [-0.25, -0.2) is 13.1 Å². The number of sulfonamides is 1. The van der Waals surface area contributed by atoms with Crippen LogP contribution in [0.25, 0.3) is 0 Å². The Hall–Kier alpha value is -2.19. The highest BCUT2D eigenvalue weighted by atomic mass is 32.2. The predicted molar refractivity (Wildman–Crippen MR) is 76.9 cm³/mol. The highest BCUT2D eigenvalue weighted by Crippen LogP contribution is 2.07. The molecule has 0 saturated heterocycles. The Morgan fingerprint density at radius 1 is 1.29 bits per heavy atom. The average Bonchev–Trinajstić information content (AvgIpc) is 2.83. The summed E-state index contributed by atoms with van der Waals surface area (Å²) >= 11 is 0. The Kier molecular flexibility index (Phi) is 4.71. The zero-order valence-electron chi connectivity index (χ0n) is 11.4. The third kappa shape index (κ3) is 5.01. The minimum absolute atomic E-state index is 0.176. The molecule has 2 aromatic rings. The third-order valence-electron chi connectivity index (χ3n) is 2.55. The van der Waals surface area contributed by atoms with Gasteiger partial charge in [0, 0.05) is 6.07 Å². The van der Waals surface area contributed by atoms with Crippen molar-refractivity contribution in [3.63, 3.8) is 0 Å². The molecule has 112 valence electrons. The maximum absolute atomic E-state index is 11.8. The van der Waals surface area contributed by atoms with Crippen LogP contribution >= 0.6 is 0 Å². The van der Waals surface area contributed by atoms with Gasteiger partial charge in [-0.3, -0.25) is 4.79 Å². The van der Waals surface area contributed by atoms with E-state index in [2.05, 4.69) is 15.2 Å². The van der Waals surface area contributed by atoms with E-state index in [1.54, 1.807) is 37.3 Å². The van der Waals surface area contributed by atoms with Crippen molar-refractivity contribution in [3.05, 3.63) is 47.7 Å². The molecule has 0 aliphatic heterocycles. The van der Waals surface area contributed by atoms with Crippen LogP contribution in [0.2, 0.25) is 0 Å². The molecule has 1 heterocycles. The smallest absolute Gasteiger partial charge is 0.240 e. The van der Waals surface area contributed by atoms with Gasteiger partial charge in [0.1, 0.15) is 5.76 Å². The van der Waals surface area contributed by atoms with Crippen molar-refractivity contribution < 1.29 is 17.7 Å². The second kappa shape index (κ2) is 6.51. The average molecular weight is 309 g/mol. The summed E-state index contributed by atoms with van der Waals surface area (Å²) in [4.78, 5) is 11.6. The number of anilines is 1. The number of nitrogens with zero attached hydrogens (tertiary/aromatic N) is 1. The van der Waals surface area contributed by atoms with Crippen molar-refractivity contribution in [2.75, 3.05) is 11.9 Å². The summed E-state index contributed by atoms with van der Waals surface area (Å²) in [7, 11) is -3.57. The Morgan fingerprint density at radius 3 is 2.62 bits per heavy atom. The number of carbonyl (C=O) groups excluding carboxylic acids is 1. The molecule has 0 aliphatic rings. The summed E-state index contributed by atoms with van der Waals surface area (Å²) in [5, 5.41) is 6.01. The van der Waals surface area contributed by atoms with Crippen LogP contribution in [0.5, 0.6) is 0 Å². The molecule has 0 radical (unpaired) electrons. The zero-order valence-corrected chi connectivity index (χ0v) is 12.2. The molecule has 0 atom stereocenters. The van der Waals surface area contributed by atoms with Crippen molar-refractivity contribution >= 4 is 21.7 Å². The fourth-order valence-corrected chi connectivity index (χ4v) is 2.72. The number of hydrogen-bond acceptors (Lipinski definition) is 5. The third-order valence-corrected chi connectivity index (χ3v) is 3.85. The molecule has 8 heteroatoms. The lowest BCUT2D eigenvalue weighted by molar-refractivity contribution is -0.115. The van der Waals surface area contributed by atoms with Gasteiger partial charge in [-0.15, -0.1) is 0 Å². The molecule has 1 aromatic heterocycles. The SMILES string of the molecule is Cc1cc(NC(=O)CNS(=O)(=O)Cc2ccccc2)no1. The summed E-state index contributed by atoms with van der Waals surface area (Å²) in [6.07, 6.45) is 0. The van der Waals surface area contributed by atoms with E-state index in [9.17, 15) is 13.2 Å². The Labute approximate surface area is 122 Å². The Bertz CT molecular complexity index is 710. The van der Waals surface area contributed by atoms with E-state index in [1.807, 2.05) is 0 Å². The summed E-state index contributed by atoms with van der Waals surface area (Å²) in [5.41, 5.74) is 0.650. The van der Waals surface area contributed by atoms with Gasteiger partial charge in [0.25, 0.3) is 0 Å². The van der Waals surface area contributed by atoms with Crippen LogP contribution in [0.3, 0.4) is 0 Å². The van der Waals surface area contributed by atoms with Crippen LogP contribution in [0.1, 0.15) is 11.3 Å². The first kappa shape index (κ1) is 15.2. The van der Waals surface area contributed by atoms with Crippen molar-refractivity contribution in [1.29, 1.82) is 0 Å². The minimum atomic E-state index is -3.57.